The van der Waals surface area contributed by atoms with Crippen molar-refractivity contribution in [3.05, 3.63) is 101 Å². The normalized spacial score (nSPS) is 12.5. The molecule has 0 aromatic heterocycles. The molecule has 40 heavy (non-hydrogen) atoms. The number of nitrogens with zero attached hydrogens (tertiary/aromatic N) is 2. The molecule has 3 aromatic rings. The molecule has 3 rings (SSSR count). The second kappa shape index (κ2) is 12.7. The number of rotatable bonds is 10. The van der Waals surface area contributed by atoms with Gasteiger partial charge in [0.1, 0.15) is 12.6 Å². The van der Waals surface area contributed by atoms with Crippen LogP contribution in [0.3, 0.4) is 0 Å². The van der Waals surface area contributed by atoms with E-state index in [1.165, 1.54) is 4.90 Å². The Morgan fingerprint density at radius 3 is 2.05 bits per heavy atom. The molecule has 1 N–H and O–H groups in total. The maximum Gasteiger partial charge on any atom is 0.244 e. The lowest BCUT2D eigenvalue weighted by Crippen LogP contribution is -2.56. The van der Waals surface area contributed by atoms with Gasteiger partial charge in [0.05, 0.1) is 11.9 Å². The van der Waals surface area contributed by atoms with E-state index >= 15 is 0 Å². The van der Waals surface area contributed by atoms with E-state index in [1.54, 1.807) is 12.1 Å². The van der Waals surface area contributed by atoms with Gasteiger partial charge in [-0.15, -0.1) is 0 Å². The van der Waals surface area contributed by atoms with Crippen LogP contribution in [0.15, 0.2) is 72.8 Å². The molecule has 3 aromatic carbocycles. The lowest BCUT2D eigenvalue weighted by atomic mass is 10.00. The minimum absolute atomic E-state index is 0.158. The van der Waals surface area contributed by atoms with Gasteiger partial charge in [0.25, 0.3) is 0 Å². The van der Waals surface area contributed by atoms with Gasteiger partial charge >= 0.3 is 0 Å². The van der Waals surface area contributed by atoms with Gasteiger partial charge in [-0.05, 0) is 75.4 Å². The minimum Gasteiger partial charge on any atom is -0.350 e. The number of nitrogens with one attached hydrogen (secondary N) is 1. The zero-order chi connectivity index (χ0) is 29.7. The smallest absolute Gasteiger partial charge is 0.244 e. The Balaban J connectivity index is 2.11. The van der Waals surface area contributed by atoms with Gasteiger partial charge in [0.15, 0.2) is 0 Å². The topological polar surface area (TPSA) is 86.8 Å². The molecule has 0 aliphatic carbocycles. The highest BCUT2D eigenvalue weighted by molar-refractivity contribution is 7.92. The highest BCUT2D eigenvalue weighted by Crippen LogP contribution is 2.26. The molecular formula is C32H41N3O4S. The van der Waals surface area contributed by atoms with Crippen LogP contribution in [0, 0.1) is 20.8 Å². The third-order valence-electron chi connectivity index (χ3n) is 6.90. The average Bonchev–Trinajstić information content (AvgIpc) is 2.86. The molecule has 0 unspecified atom stereocenters. The lowest BCUT2D eigenvalue weighted by Gasteiger charge is -2.35. The van der Waals surface area contributed by atoms with Crippen molar-refractivity contribution in [1.29, 1.82) is 0 Å². The molecule has 2 amide bonds. The quantitative estimate of drug-likeness (QED) is 0.379. The Kier molecular flexibility index (Phi) is 9.79. The van der Waals surface area contributed by atoms with Gasteiger partial charge in [0.2, 0.25) is 21.8 Å². The molecule has 7 nitrogen and oxygen atoms in total. The Bertz CT molecular complexity index is 1450. The number of carbonyl (C=O) groups is 2. The number of hydrogen-bond donors (Lipinski definition) is 1. The number of sulfonamides is 1. The van der Waals surface area contributed by atoms with Crippen molar-refractivity contribution in [2.24, 2.45) is 0 Å². The summed E-state index contributed by atoms with van der Waals surface area (Å²) in [6, 6.07) is 21.8. The molecule has 0 radical (unpaired) electrons. The summed E-state index contributed by atoms with van der Waals surface area (Å²) in [6.07, 6.45) is 1.38. The van der Waals surface area contributed by atoms with E-state index in [9.17, 15) is 18.0 Å². The van der Waals surface area contributed by atoms with Crippen molar-refractivity contribution in [2.45, 2.75) is 66.1 Å². The van der Waals surface area contributed by atoms with E-state index in [4.69, 9.17) is 0 Å². The van der Waals surface area contributed by atoms with E-state index in [1.807, 2.05) is 102 Å². The number of aryl methyl sites for hydroxylation is 2. The average molecular weight is 564 g/mol. The van der Waals surface area contributed by atoms with Gasteiger partial charge < -0.3 is 10.2 Å². The molecule has 0 aliphatic rings. The molecule has 1 atom stereocenters. The van der Waals surface area contributed by atoms with Crippen LogP contribution in [0.4, 0.5) is 5.69 Å². The van der Waals surface area contributed by atoms with E-state index in [0.717, 1.165) is 38.4 Å². The van der Waals surface area contributed by atoms with Crippen LogP contribution in [0.5, 0.6) is 0 Å². The summed E-state index contributed by atoms with van der Waals surface area (Å²) < 4.78 is 27.2. The molecule has 0 bridgehead atoms. The molecule has 0 saturated heterocycles. The van der Waals surface area contributed by atoms with Gasteiger partial charge in [0, 0.05) is 18.5 Å². The fraction of sp³-hybridized carbons (Fsp3) is 0.375. The third-order valence-corrected chi connectivity index (χ3v) is 8.02. The fourth-order valence-corrected chi connectivity index (χ4v) is 5.48. The standard InChI is InChI=1S/C32H41N3O4S/c1-23-15-13-19-28(25(23)3)35(40(7,38)39)22-30(36)34(21-27-18-12-11-14-24(27)2)29(31(37)33-32(4,5)6)20-26-16-9-8-10-17-26/h8-19,29H,20-22H2,1-7H3,(H,33,37)/t29-/m1/s1. The fourth-order valence-electron chi connectivity index (χ4n) is 4.58. The Hall–Kier alpha value is -3.65. The number of carbonyl (C=O) groups excluding carboxylic acids is 2. The summed E-state index contributed by atoms with van der Waals surface area (Å²) in [7, 11) is -3.82. The van der Waals surface area contributed by atoms with Crippen LogP contribution >= 0.6 is 0 Å². The van der Waals surface area contributed by atoms with Gasteiger partial charge in [-0.3, -0.25) is 13.9 Å². The van der Waals surface area contributed by atoms with Crippen molar-refractivity contribution in [3.8, 4) is 0 Å². The van der Waals surface area contributed by atoms with Crippen LogP contribution in [-0.2, 0) is 32.6 Å². The van der Waals surface area contributed by atoms with Gasteiger partial charge in [-0.1, -0.05) is 66.7 Å². The van der Waals surface area contributed by atoms with E-state index in [2.05, 4.69) is 5.32 Å². The van der Waals surface area contributed by atoms with Crippen LogP contribution in [-0.4, -0.2) is 49.5 Å². The number of benzene rings is 3. The lowest BCUT2D eigenvalue weighted by molar-refractivity contribution is -0.140. The molecular weight excluding hydrogens is 522 g/mol. The zero-order valence-electron chi connectivity index (χ0n) is 24.6. The number of hydrogen-bond acceptors (Lipinski definition) is 4. The third kappa shape index (κ3) is 8.18. The van der Waals surface area contributed by atoms with Crippen LogP contribution in [0.2, 0.25) is 0 Å². The van der Waals surface area contributed by atoms with Crippen LogP contribution in [0.25, 0.3) is 0 Å². The zero-order valence-corrected chi connectivity index (χ0v) is 25.4. The van der Waals surface area contributed by atoms with E-state index in [-0.39, 0.29) is 18.9 Å². The summed E-state index contributed by atoms with van der Waals surface area (Å²) in [6.45, 7) is 11.1. The minimum atomic E-state index is -3.82. The molecule has 0 aliphatic heterocycles. The highest BCUT2D eigenvalue weighted by Gasteiger charge is 2.34. The first-order valence-corrected chi connectivity index (χ1v) is 15.3. The van der Waals surface area contributed by atoms with Crippen LogP contribution in [0.1, 0.15) is 48.6 Å². The summed E-state index contributed by atoms with van der Waals surface area (Å²) >= 11 is 0. The number of amides is 2. The number of anilines is 1. The van der Waals surface area contributed by atoms with Crippen molar-refractivity contribution in [2.75, 3.05) is 17.1 Å². The summed E-state index contributed by atoms with van der Waals surface area (Å²) in [5.74, 6) is -0.754. The Labute approximate surface area is 239 Å². The van der Waals surface area contributed by atoms with Crippen molar-refractivity contribution < 1.29 is 18.0 Å². The second-order valence-corrected chi connectivity index (χ2v) is 13.3. The van der Waals surface area contributed by atoms with Gasteiger partial charge in [-0.25, -0.2) is 8.42 Å². The SMILES string of the molecule is Cc1ccccc1CN(C(=O)CN(c1cccc(C)c1C)S(C)(=O)=O)[C@H](Cc1ccccc1)C(=O)NC(C)(C)C. The highest BCUT2D eigenvalue weighted by atomic mass is 32.2. The molecule has 8 heteroatoms. The monoisotopic (exact) mass is 563 g/mol. The van der Waals surface area contributed by atoms with Crippen LogP contribution < -0.4 is 9.62 Å². The molecule has 0 heterocycles. The summed E-state index contributed by atoms with van der Waals surface area (Å²) in [5.41, 5.74) is 4.37. The predicted octanol–water partition coefficient (Wildman–Crippen LogP) is 4.93. The molecule has 0 spiro atoms. The predicted molar refractivity (Wildman–Crippen MR) is 162 cm³/mol. The maximum absolute atomic E-state index is 14.2. The molecule has 214 valence electrons. The first-order chi connectivity index (χ1) is 18.7. The van der Waals surface area contributed by atoms with E-state index < -0.39 is 34.1 Å². The summed E-state index contributed by atoms with van der Waals surface area (Å²) in [4.78, 5) is 29.6. The van der Waals surface area contributed by atoms with Crippen molar-refractivity contribution in [3.63, 3.8) is 0 Å². The first kappa shape index (κ1) is 30.9. The molecule has 0 fully saturated rings. The maximum atomic E-state index is 14.2. The Morgan fingerprint density at radius 1 is 0.850 bits per heavy atom. The molecule has 0 saturated carbocycles. The largest absolute Gasteiger partial charge is 0.350 e. The van der Waals surface area contributed by atoms with E-state index in [0.29, 0.717) is 5.69 Å². The summed E-state index contributed by atoms with van der Waals surface area (Å²) in [5, 5.41) is 3.04. The van der Waals surface area contributed by atoms with Crippen molar-refractivity contribution >= 4 is 27.5 Å². The second-order valence-electron chi connectivity index (χ2n) is 11.4. The van der Waals surface area contributed by atoms with Crippen molar-refractivity contribution in [1.82, 2.24) is 10.2 Å². The Morgan fingerprint density at radius 2 is 1.45 bits per heavy atom. The first-order valence-electron chi connectivity index (χ1n) is 13.4. The van der Waals surface area contributed by atoms with Gasteiger partial charge in [-0.2, -0.15) is 0 Å².